The van der Waals surface area contributed by atoms with Gasteiger partial charge in [0.05, 0.1) is 6.54 Å². The van der Waals surface area contributed by atoms with E-state index >= 15 is 4.39 Å². The predicted octanol–water partition coefficient (Wildman–Crippen LogP) is -0.567. The van der Waals surface area contributed by atoms with Gasteiger partial charge in [-0.1, -0.05) is 13.3 Å². The number of nitrogens with zero attached hydrogens (tertiary/aromatic N) is 1. The van der Waals surface area contributed by atoms with E-state index in [2.05, 4.69) is 0 Å². The van der Waals surface area contributed by atoms with Crippen molar-refractivity contribution in [2.24, 2.45) is 5.73 Å². The average molecular weight is 541 g/mol. The summed E-state index contributed by atoms with van der Waals surface area (Å²) in [6, 6.07) is -1.48. The molecule has 14 heteroatoms. The number of ether oxygens (including phenoxy) is 3. The number of aliphatic hydroxyl groups is 4. The SMILES string of the molecule is CCCC1(F)C[C@@H](C(=O)OC(C(O)C(N)=O)C2OC(SC)C(O)C(O)C2O)N(C(=O)OC(C)(C)C)C1. The molecule has 12 nitrogen and oxygen atoms in total. The molecule has 0 aromatic rings. The molecule has 2 aliphatic rings. The molecule has 2 heterocycles. The molecule has 0 saturated carbocycles. The summed E-state index contributed by atoms with van der Waals surface area (Å²) in [4.78, 5) is 38.7. The van der Waals surface area contributed by atoms with Crippen molar-refractivity contribution >= 4 is 29.7 Å². The highest BCUT2D eigenvalue weighted by Crippen LogP contribution is 2.37. The number of hydrogen-bond acceptors (Lipinski definition) is 11. The molecule has 2 saturated heterocycles. The second kappa shape index (κ2) is 11.8. The molecule has 2 fully saturated rings. The summed E-state index contributed by atoms with van der Waals surface area (Å²) in [7, 11) is 0. The number of primary amides is 1. The Hall–Kier alpha value is -1.71. The number of carbonyl (C=O) groups excluding carboxylic acids is 3. The third-order valence-electron chi connectivity index (χ3n) is 6.00. The number of alkyl halides is 1. The number of hydrogen-bond donors (Lipinski definition) is 5. The Labute approximate surface area is 213 Å². The molecule has 9 atom stereocenters. The molecule has 0 bridgehead atoms. The van der Waals surface area contributed by atoms with Gasteiger partial charge in [0.2, 0.25) is 5.91 Å². The van der Waals surface area contributed by atoms with Crippen LogP contribution >= 0.6 is 11.8 Å². The Balaban J connectivity index is 2.36. The van der Waals surface area contributed by atoms with E-state index in [0.29, 0.717) is 6.42 Å². The van der Waals surface area contributed by atoms with Crippen molar-refractivity contribution in [3.05, 3.63) is 0 Å². The zero-order chi connectivity index (χ0) is 27.6. The Morgan fingerprint density at radius 3 is 2.33 bits per heavy atom. The molecule has 2 aliphatic heterocycles. The lowest BCUT2D eigenvalue weighted by Crippen LogP contribution is -2.63. The third-order valence-corrected chi connectivity index (χ3v) is 6.86. The number of carbonyl (C=O) groups is 3. The molecule has 2 rings (SSSR count). The number of aliphatic hydroxyl groups excluding tert-OH is 4. The largest absolute Gasteiger partial charge is 0.455 e. The molecule has 0 radical (unpaired) electrons. The van der Waals surface area contributed by atoms with Gasteiger partial charge in [-0.05, 0) is 33.4 Å². The second-order valence-electron chi connectivity index (χ2n) is 10.2. The maximum atomic E-state index is 15.5. The van der Waals surface area contributed by atoms with E-state index in [1.54, 1.807) is 27.7 Å². The van der Waals surface area contributed by atoms with Gasteiger partial charge in [0.1, 0.15) is 47.2 Å². The molecule has 2 amide bonds. The van der Waals surface area contributed by atoms with Gasteiger partial charge in [-0.25, -0.2) is 14.0 Å². The van der Waals surface area contributed by atoms with Gasteiger partial charge in [0.15, 0.2) is 12.2 Å². The van der Waals surface area contributed by atoms with Crippen LogP contribution in [0.15, 0.2) is 0 Å². The minimum absolute atomic E-state index is 0.0490. The summed E-state index contributed by atoms with van der Waals surface area (Å²) in [6.07, 6.45) is -10.4. The van der Waals surface area contributed by atoms with Gasteiger partial charge >= 0.3 is 12.1 Å². The number of thioether (sulfide) groups is 1. The van der Waals surface area contributed by atoms with Crippen molar-refractivity contribution < 1.29 is 53.4 Å². The van der Waals surface area contributed by atoms with Crippen molar-refractivity contribution in [1.29, 1.82) is 0 Å². The highest BCUT2D eigenvalue weighted by molar-refractivity contribution is 7.99. The van der Waals surface area contributed by atoms with E-state index in [1.807, 2.05) is 0 Å². The van der Waals surface area contributed by atoms with Crippen LogP contribution in [-0.2, 0) is 23.8 Å². The van der Waals surface area contributed by atoms with E-state index < -0.39 is 90.3 Å². The van der Waals surface area contributed by atoms with Crippen molar-refractivity contribution in [3.8, 4) is 0 Å². The second-order valence-corrected chi connectivity index (χ2v) is 11.1. The Morgan fingerprint density at radius 1 is 1.22 bits per heavy atom. The van der Waals surface area contributed by atoms with Crippen LogP contribution in [0.25, 0.3) is 0 Å². The normalized spacial score (nSPS) is 34.7. The van der Waals surface area contributed by atoms with Crippen molar-refractivity contribution in [1.82, 2.24) is 4.90 Å². The van der Waals surface area contributed by atoms with Gasteiger partial charge < -0.3 is 40.4 Å². The molecule has 6 N–H and O–H groups in total. The average Bonchev–Trinajstić information content (AvgIpc) is 3.12. The maximum absolute atomic E-state index is 15.5. The molecule has 208 valence electrons. The van der Waals surface area contributed by atoms with Gasteiger partial charge in [-0.3, -0.25) is 9.69 Å². The Bertz CT molecular complexity index is 812. The monoisotopic (exact) mass is 540 g/mol. The Morgan fingerprint density at radius 2 is 1.83 bits per heavy atom. The Kier molecular flexibility index (Phi) is 9.98. The highest BCUT2D eigenvalue weighted by Gasteiger charge is 2.54. The van der Waals surface area contributed by atoms with Crippen LogP contribution in [0.2, 0.25) is 0 Å². The lowest BCUT2D eigenvalue weighted by molar-refractivity contribution is -0.237. The van der Waals surface area contributed by atoms with Gasteiger partial charge in [0, 0.05) is 6.42 Å². The van der Waals surface area contributed by atoms with Gasteiger partial charge in [-0.15, -0.1) is 11.8 Å². The fraction of sp³-hybridized carbons (Fsp3) is 0.864. The number of rotatable bonds is 8. The summed E-state index contributed by atoms with van der Waals surface area (Å²) in [5.41, 5.74) is 1.23. The van der Waals surface area contributed by atoms with Crippen LogP contribution in [-0.4, -0.2) is 115 Å². The van der Waals surface area contributed by atoms with E-state index in [1.165, 1.54) is 6.26 Å². The van der Waals surface area contributed by atoms with E-state index in [-0.39, 0.29) is 6.42 Å². The van der Waals surface area contributed by atoms with Crippen molar-refractivity contribution in [3.63, 3.8) is 0 Å². The van der Waals surface area contributed by atoms with E-state index in [9.17, 15) is 34.8 Å². The molecule has 0 spiro atoms. The minimum Gasteiger partial charge on any atom is -0.455 e. The topological polar surface area (TPSA) is 189 Å². The first-order valence-corrected chi connectivity index (χ1v) is 12.9. The summed E-state index contributed by atoms with van der Waals surface area (Å²) in [5.74, 6) is -2.52. The molecule has 0 aromatic heterocycles. The molecule has 0 aliphatic carbocycles. The maximum Gasteiger partial charge on any atom is 0.411 e. The number of halogens is 1. The molecular formula is C22H37FN2O10S. The van der Waals surface area contributed by atoms with Crippen LogP contribution in [0.1, 0.15) is 47.0 Å². The zero-order valence-corrected chi connectivity index (χ0v) is 21.8. The first-order chi connectivity index (χ1) is 16.5. The standard InChI is InChI=1S/C22H37FN2O10S/c1-6-7-22(23)8-10(25(9-22)20(32)35-21(2,3)4)18(31)33-16(14(29)17(24)30)15-12(27)11(26)13(28)19(34-15)36-5/h10-16,19,26-29H,6-9H2,1-5H3,(H2,24,30)/t10-,11?,12?,13?,14?,15?,16?,19?,22?/m0/s1. The first kappa shape index (κ1) is 30.5. The van der Waals surface area contributed by atoms with Crippen molar-refractivity contribution in [2.75, 3.05) is 12.8 Å². The third kappa shape index (κ3) is 6.98. The summed E-state index contributed by atoms with van der Waals surface area (Å²) in [5, 5.41) is 41.2. The fourth-order valence-electron chi connectivity index (χ4n) is 4.31. The first-order valence-electron chi connectivity index (χ1n) is 11.6. The van der Waals surface area contributed by atoms with Gasteiger partial charge in [0.25, 0.3) is 0 Å². The van der Waals surface area contributed by atoms with Crippen LogP contribution in [0.3, 0.4) is 0 Å². The summed E-state index contributed by atoms with van der Waals surface area (Å²) in [6.45, 7) is 6.11. The van der Waals surface area contributed by atoms with Gasteiger partial charge in [-0.2, -0.15) is 0 Å². The number of esters is 1. The minimum atomic E-state index is -2.19. The predicted molar refractivity (Wildman–Crippen MR) is 125 cm³/mol. The van der Waals surface area contributed by atoms with E-state index in [4.69, 9.17) is 19.9 Å². The van der Waals surface area contributed by atoms with Crippen LogP contribution in [0, 0.1) is 0 Å². The lowest BCUT2D eigenvalue weighted by Gasteiger charge is -2.43. The van der Waals surface area contributed by atoms with Crippen molar-refractivity contribution in [2.45, 2.75) is 106 Å². The summed E-state index contributed by atoms with van der Waals surface area (Å²) < 4.78 is 31.7. The quantitative estimate of drug-likeness (QED) is 0.248. The molecule has 36 heavy (non-hydrogen) atoms. The smallest absolute Gasteiger partial charge is 0.411 e. The van der Waals surface area contributed by atoms with E-state index in [0.717, 1.165) is 16.7 Å². The lowest BCUT2D eigenvalue weighted by atomic mass is 9.93. The number of amides is 2. The van der Waals surface area contributed by atoms with Crippen LogP contribution in [0.5, 0.6) is 0 Å². The zero-order valence-electron chi connectivity index (χ0n) is 21.0. The highest BCUT2D eigenvalue weighted by atomic mass is 32.2. The fourth-order valence-corrected chi connectivity index (χ4v) is 4.99. The molecule has 0 aromatic carbocycles. The molecule has 8 unspecified atom stereocenters. The molecular weight excluding hydrogens is 503 g/mol. The number of nitrogens with two attached hydrogens (primary N) is 1. The van der Waals surface area contributed by atoms with Crippen LogP contribution in [0.4, 0.5) is 9.18 Å². The number of likely N-dealkylation sites (tertiary alicyclic amines) is 1. The van der Waals surface area contributed by atoms with Crippen LogP contribution < -0.4 is 5.73 Å². The summed E-state index contributed by atoms with van der Waals surface area (Å²) >= 11 is 0.959.